The van der Waals surface area contributed by atoms with Gasteiger partial charge < -0.3 is 11.1 Å². The molecular formula is C12H24N2O. The van der Waals surface area contributed by atoms with Crippen molar-refractivity contribution in [3.8, 4) is 0 Å². The van der Waals surface area contributed by atoms with E-state index in [4.69, 9.17) is 5.73 Å². The number of carbonyl (C=O) groups is 1. The fraction of sp³-hybridized carbons (Fsp3) is 0.917. The number of nitrogens with one attached hydrogen (secondary N) is 1. The number of amides is 1. The van der Waals surface area contributed by atoms with Crippen molar-refractivity contribution < 1.29 is 4.79 Å². The van der Waals surface area contributed by atoms with Gasteiger partial charge in [0.05, 0.1) is 0 Å². The van der Waals surface area contributed by atoms with Gasteiger partial charge in [0, 0.05) is 12.0 Å². The maximum absolute atomic E-state index is 11.6. The minimum atomic E-state index is 0.00491. The van der Waals surface area contributed by atoms with Gasteiger partial charge in [0.25, 0.3) is 0 Å². The van der Waals surface area contributed by atoms with Crippen molar-refractivity contribution >= 4 is 5.91 Å². The van der Waals surface area contributed by atoms with Crippen LogP contribution in [0.3, 0.4) is 0 Å². The summed E-state index contributed by atoms with van der Waals surface area (Å²) in [6.07, 6.45) is 6.23. The van der Waals surface area contributed by atoms with E-state index in [0.717, 1.165) is 25.8 Å². The van der Waals surface area contributed by atoms with Crippen LogP contribution in [-0.2, 0) is 4.79 Å². The predicted octanol–water partition coefficient (Wildman–Crippen LogP) is 1.81. The summed E-state index contributed by atoms with van der Waals surface area (Å²) in [6, 6.07) is 0. The molecule has 0 unspecified atom stereocenters. The first-order valence-corrected chi connectivity index (χ1v) is 6.07. The molecule has 0 spiro atoms. The molecule has 0 heterocycles. The van der Waals surface area contributed by atoms with Crippen molar-refractivity contribution in [1.82, 2.24) is 5.32 Å². The van der Waals surface area contributed by atoms with Crippen LogP contribution in [0.4, 0.5) is 0 Å². The molecule has 3 nitrogen and oxygen atoms in total. The van der Waals surface area contributed by atoms with E-state index in [2.05, 4.69) is 19.2 Å². The third-order valence-corrected chi connectivity index (χ3v) is 3.17. The summed E-state index contributed by atoms with van der Waals surface area (Å²) in [5.41, 5.74) is 5.40. The summed E-state index contributed by atoms with van der Waals surface area (Å²) in [4.78, 5) is 11.6. The second-order valence-electron chi connectivity index (χ2n) is 5.14. The van der Waals surface area contributed by atoms with Crippen LogP contribution in [0.5, 0.6) is 0 Å². The molecule has 1 rings (SSSR count). The molecule has 1 aliphatic rings. The summed E-state index contributed by atoms with van der Waals surface area (Å²) in [6.45, 7) is 4.99. The minimum absolute atomic E-state index is 0.00491. The third-order valence-electron chi connectivity index (χ3n) is 3.17. The lowest BCUT2D eigenvalue weighted by Gasteiger charge is -2.26. The highest BCUT2D eigenvalue weighted by atomic mass is 16.1. The van der Waals surface area contributed by atoms with Crippen LogP contribution in [-0.4, -0.2) is 18.0 Å². The van der Waals surface area contributed by atoms with E-state index in [9.17, 15) is 4.79 Å². The third kappa shape index (κ3) is 4.65. The van der Waals surface area contributed by atoms with E-state index < -0.39 is 0 Å². The topological polar surface area (TPSA) is 55.1 Å². The fourth-order valence-electron chi connectivity index (χ4n) is 1.94. The number of hydrogen-bond acceptors (Lipinski definition) is 2. The normalized spacial score (nSPS) is 16.5. The highest BCUT2D eigenvalue weighted by Gasteiger charge is 2.38. The highest BCUT2D eigenvalue weighted by Crippen LogP contribution is 2.39. The molecule has 1 amide bonds. The van der Waals surface area contributed by atoms with Crippen molar-refractivity contribution in [1.29, 1.82) is 0 Å². The Morgan fingerprint density at radius 1 is 1.33 bits per heavy atom. The Morgan fingerprint density at radius 3 is 2.53 bits per heavy atom. The van der Waals surface area contributed by atoms with Crippen LogP contribution in [0, 0.1) is 5.92 Å². The molecule has 0 saturated heterocycles. The Labute approximate surface area is 92.8 Å². The summed E-state index contributed by atoms with van der Waals surface area (Å²) >= 11 is 0. The molecule has 3 N–H and O–H groups in total. The van der Waals surface area contributed by atoms with Crippen molar-refractivity contribution in [3.63, 3.8) is 0 Å². The average molecular weight is 212 g/mol. The van der Waals surface area contributed by atoms with Gasteiger partial charge in [-0.1, -0.05) is 6.42 Å². The van der Waals surface area contributed by atoms with E-state index in [1.807, 2.05) is 0 Å². The Bertz CT molecular complexity index is 210. The molecule has 0 aliphatic heterocycles. The Kier molecular flexibility index (Phi) is 4.58. The van der Waals surface area contributed by atoms with E-state index in [1.165, 1.54) is 12.8 Å². The molecule has 0 aromatic carbocycles. The lowest BCUT2D eigenvalue weighted by atomic mass is 9.98. The molecule has 1 aliphatic carbocycles. The summed E-state index contributed by atoms with van der Waals surface area (Å²) in [7, 11) is 0. The van der Waals surface area contributed by atoms with E-state index in [0.29, 0.717) is 12.3 Å². The number of unbranched alkanes of at least 4 members (excludes halogenated alkanes) is 2. The smallest absolute Gasteiger partial charge is 0.220 e. The number of carbonyl (C=O) groups excluding carboxylic acids is 1. The lowest BCUT2D eigenvalue weighted by Crippen LogP contribution is -2.45. The zero-order valence-electron chi connectivity index (χ0n) is 10.0. The molecule has 3 heteroatoms. The monoisotopic (exact) mass is 212 g/mol. The average Bonchev–Trinajstić information content (AvgIpc) is 2.94. The highest BCUT2D eigenvalue weighted by molar-refractivity contribution is 5.76. The maximum atomic E-state index is 11.6. The Morgan fingerprint density at radius 2 is 2.00 bits per heavy atom. The van der Waals surface area contributed by atoms with Gasteiger partial charge in [0.2, 0.25) is 5.91 Å². The minimum Gasteiger partial charge on any atom is -0.351 e. The van der Waals surface area contributed by atoms with Crippen molar-refractivity contribution in [3.05, 3.63) is 0 Å². The SMILES string of the molecule is CC(C)(NC(=O)CCCCCN)C1CC1. The van der Waals surface area contributed by atoms with Gasteiger partial charge in [-0.15, -0.1) is 0 Å². The van der Waals surface area contributed by atoms with Crippen LogP contribution in [0.15, 0.2) is 0 Å². The Balaban J connectivity index is 2.12. The van der Waals surface area contributed by atoms with Gasteiger partial charge in [-0.2, -0.15) is 0 Å². The first-order valence-electron chi connectivity index (χ1n) is 6.07. The lowest BCUT2D eigenvalue weighted by molar-refractivity contribution is -0.123. The molecule has 0 atom stereocenters. The zero-order chi connectivity index (χ0) is 11.3. The second-order valence-corrected chi connectivity index (χ2v) is 5.14. The molecular weight excluding hydrogens is 188 g/mol. The quantitative estimate of drug-likeness (QED) is 0.632. The Hall–Kier alpha value is -0.570. The first kappa shape index (κ1) is 12.5. The van der Waals surface area contributed by atoms with Gasteiger partial charge in [-0.05, 0) is 52.0 Å². The van der Waals surface area contributed by atoms with Gasteiger partial charge in [-0.3, -0.25) is 4.79 Å². The molecule has 0 bridgehead atoms. The molecule has 0 radical (unpaired) electrons. The van der Waals surface area contributed by atoms with E-state index in [1.54, 1.807) is 0 Å². The van der Waals surface area contributed by atoms with Crippen molar-refractivity contribution in [2.75, 3.05) is 6.54 Å². The number of rotatable bonds is 7. The largest absolute Gasteiger partial charge is 0.351 e. The molecule has 0 aromatic heterocycles. The molecule has 88 valence electrons. The molecule has 0 aromatic rings. The van der Waals surface area contributed by atoms with Crippen molar-refractivity contribution in [2.24, 2.45) is 11.7 Å². The fourth-order valence-corrected chi connectivity index (χ4v) is 1.94. The summed E-state index contributed by atoms with van der Waals surface area (Å²) in [5, 5.41) is 3.12. The zero-order valence-corrected chi connectivity index (χ0v) is 10.0. The molecule has 1 saturated carbocycles. The number of hydrogen-bond donors (Lipinski definition) is 2. The summed E-state index contributed by atoms with van der Waals surface area (Å²) in [5.74, 6) is 0.898. The van der Waals surface area contributed by atoms with Crippen LogP contribution in [0.1, 0.15) is 52.4 Å². The van der Waals surface area contributed by atoms with Crippen LogP contribution >= 0.6 is 0 Å². The predicted molar refractivity (Wildman–Crippen MR) is 62.5 cm³/mol. The molecule has 1 fully saturated rings. The van der Waals surface area contributed by atoms with Crippen LogP contribution in [0.2, 0.25) is 0 Å². The van der Waals surface area contributed by atoms with Gasteiger partial charge in [-0.25, -0.2) is 0 Å². The second kappa shape index (κ2) is 5.50. The standard InChI is InChI=1S/C12H24N2O/c1-12(2,10-7-8-10)14-11(15)6-4-3-5-9-13/h10H,3-9,13H2,1-2H3,(H,14,15). The number of nitrogens with two attached hydrogens (primary N) is 1. The van der Waals surface area contributed by atoms with Gasteiger partial charge in [0.1, 0.15) is 0 Å². The van der Waals surface area contributed by atoms with Crippen LogP contribution in [0.25, 0.3) is 0 Å². The molecule has 15 heavy (non-hydrogen) atoms. The van der Waals surface area contributed by atoms with Crippen LogP contribution < -0.4 is 11.1 Å². The van der Waals surface area contributed by atoms with Gasteiger partial charge >= 0.3 is 0 Å². The van der Waals surface area contributed by atoms with E-state index >= 15 is 0 Å². The first-order chi connectivity index (χ1) is 7.06. The van der Waals surface area contributed by atoms with E-state index in [-0.39, 0.29) is 11.4 Å². The van der Waals surface area contributed by atoms with Gasteiger partial charge in [0.15, 0.2) is 0 Å². The summed E-state index contributed by atoms with van der Waals surface area (Å²) < 4.78 is 0. The maximum Gasteiger partial charge on any atom is 0.220 e. The van der Waals surface area contributed by atoms with Crippen molar-refractivity contribution in [2.45, 2.75) is 57.9 Å².